The van der Waals surface area contributed by atoms with Gasteiger partial charge < -0.3 is 70.0 Å². The summed E-state index contributed by atoms with van der Waals surface area (Å²) in [6.07, 6.45) is -7.46. The molecule has 6 rings (SSSR count). The summed E-state index contributed by atoms with van der Waals surface area (Å²) in [7, 11) is 0. The third-order valence-corrected chi connectivity index (χ3v) is 16.2. The molecule has 0 aromatic heterocycles. The Morgan fingerprint density at radius 1 is 0.750 bits per heavy atom. The van der Waals surface area contributed by atoms with E-state index < -0.39 is 120 Å². The van der Waals surface area contributed by atoms with Crippen molar-refractivity contribution in [2.75, 3.05) is 13.2 Å². The molecule has 21 atom stereocenters. The molecule has 10 N–H and O–H groups in total. The van der Waals surface area contributed by atoms with Gasteiger partial charge in [0.15, 0.2) is 12.6 Å². The normalized spacial score (nSPS) is 52.8. The fourth-order valence-electron chi connectivity index (χ4n) is 13.1. The van der Waals surface area contributed by atoms with Crippen LogP contribution in [-0.2, 0) is 18.9 Å². The number of aliphatic hydroxyl groups excluding tert-OH is 10. The van der Waals surface area contributed by atoms with Crippen LogP contribution in [0.3, 0.4) is 0 Å². The van der Waals surface area contributed by atoms with Crippen molar-refractivity contribution < 1.29 is 70.0 Å². The van der Waals surface area contributed by atoms with E-state index in [-0.39, 0.29) is 23.7 Å². The lowest BCUT2D eigenvalue weighted by Gasteiger charge is -2.72. The Morgan fingerprint density at radius 3 is 1.89 bits per heavy atom. The van der Waals surface area contributed by atoms with Gasteiger partial charge >= 0.3 is 0 Å². The summed E-state index contributed by atoms with van der Waals surface area (Å²) in [6.45, 7) is 15.4. The van der Waals surface area contributed by atoms with Crippen LogP contribution >= 0.6 is 0 Å². The molecule has 4 aliphatic carbocycles. The van der Waals surface area contributed by atoms with E-state index in [0.29, 0.717) is 38.5 Å². The highest BCUT2D eigenvalue weighted by Gasteiger charge is 2.74. The summed E-state index contributed by atoms with van der Waals surface area (Å²) in [5, 5.41) is 109. The highest BCUT2D eigenvalue weighted by molar-refractivity contribution is 5.24. The van der Waals surface area contributed by atoms with E-state index in [2.05, 4.69) is 20.8 Å². The smallest absolute Gasteiger partial charge is 0.187 e. The summed E-state index contributed by atoms with van der Waals surface area (Å²) in [5.41, 5.74) is -2.27. The molecule has 322 valence electrons. The molecule has 0 aromatic rings. The first-order chi connectivity index (χ1) is 26.0. The zero-order valence-electron chi connectivity index (χ0n) is 34.3. The number of ether oxygens (including phenoxy) is 4. The first-order valence-electron chi connectivity index (χ1n) is 20.7. The van der Waals surface area contributed by atoms with Gasteiger partial charge in [0.2, 0.25) is 0 Å². The molecule has 4 saturated carbocycles. The van der Waals surface area contributed by atoms with Gasteiger partial charge in [-0.3, -0.25) is 0 Å². The van der Waals surface area contributed by atoms with Crippen molar-refractivity contribution in [1.29, 1.82) is 0 Å². The van der Waals surface area contributed by atoms with Gasteiger partial charge in [-0.15, -0.1) is 0 Å². The van der Waals surface area contributed by atoms with E-state index in [0.717, 1.165) is 5.57 Å². The fourth-order valence-corrected chi connectivity index (χ4v) is 13.1. The second-order valence-corrected chi connectivity index (χ2v) is 19.9. The lowest BCUT2D eigenvalue weighted by Crippen LogP contribution is -2.71. The SMILES string of the molecule is CC(C)=C/C=C/[C@](C)(O[C@H]1O[C@H](CO)[C@@H](O)[C@H](O)[C@H]1O)[C@H]1CC[C@]2(C)[C@@H]1[C@H](O)CC1[C@@]3(C)CC[C@H](O)C(C)(C)C3[C@@H](O[C@H]3O[C@@H](CO)[C@H](O)[C@@H](O)[C@@H]3O)C[C@]12C. The molecule has 2 aliphatic heterocycles. The third kappa shape index (κ3) is 6.98. The Balaban J connectivity index is 1.40. The second-order valence-electron chi connectivity index (χ2n) is 19.9. The van der Waals surface area contributed by atoms with Gasteiger partial charge in [0.05, 0.1) is 37.1 Å². The Labute approximate surface area is 331 Å². The first kappa shape index (κ1) is 44.5. The van der Waals surface area contributed by atoms with Crippen molar-refractivity contribution in [2.24, 2.45) is 45.3 Å². The maximum absolute atomic E-state index is 12.5. The quantitative estimate of drug-likeness (QED) is 0.115. The van der Waals surface area contributed by atoms with Gasteiger partial charge in [-0.2, -0.15) is 0 Å². The molecule has 6 aliphatic rings. The van der Waals surface area contributed by atoms with Crippen LogP contribution in [0.4, 0.5) is 0 Å². The summed E-state index contributed by atoms with van der Waals surface area (Å²) >= 11 is 0. The minimum Gasteiger partial charge on any atom is -0.394 e. The Bertz CT molecular complexity index is 1450. The van der Waals surface area contributed by atoms with E-state index in [1.807, 2.05) is 52.8 Å². The zero-order valence-corrected chi connectivity index (χ0v) is 34.3. The van der Waals surface area contributed by atoms with Crippen LogP contribution in [0.1, 0.15) is 93.9 Å². The molecular weight excluding hydrogens is 728 g/mol. The van der Waals surface area contributed by atoms with Gasteiger partial charge in [-0.05, 0) is 105 Å². The lowest BCUT2D eigenvalue weighted by atomic mass is 9.34. The average Bonchev–Trinajstić information content (AvgIpc) is 3.52. The second kappa shape index (κ2) is 15.7. The van der Waals surface area contributed by atoms with Crippen molar-refractivity contribution in [3.8, 4) is 0 Å². The predicted molar refractivity (Wildman–Crippen MR) is 202 cm³/mol. The number of rotatable bonds is 9. The largest absolute Gasteiger partial charge is 0.394 e. The molecule has 6 fully saturated rings. The summed E-state index contributed by atoms with van der Waals surface area (Å²) in [6, 6.07) is 0. The Morgan fingerprint density at radius 2 is 1.32 bits per heavy atom. The first-order valence-corrected chi connectivity index (χ1v) is 20.7. The molecule has 56 heavy (non-hydrogen) atoms. The lowest BCUT2D eigenvalue weighted by molar-refractivity contribution is -0.348. The van der Waals surface area contributed by atoms with Gasteiger partial charge in [0.25, 0.3) is 0 Å². The van der Waals surface area contributed by atoms with Crippen LogP contribution in [0.5, 0.6) is 0 Å². The molecule has 0 amide bonds. The van der Waals surface area contributed by atoms with Crippen LogP contribution in [0.15, 0.2) is 23.8 Å². The van der Waals surface area contributed by atoms with Crippen molar-refractivity contribution in [3.05, 3.63) is 23.8 Å². The minimum absolute atomic E-state index is 0.0183. The topological polar surface area (TPSA) is 239 Å². The van der Waals surface area contributed by atoms with Crippen LogP contribution in [0.2, 0.25) is 0 Å². The van der Waals surface area contributed by atoms with Crippen molar-refractivity contribution in [1.82, 2.24) is 0 Å². The molecule has 2 heterocycles. The molecular formula is C42H70O14. The Hall–Kier alpha value is -1.08. The molecule has 0 spiro atoms. The maximum Gasteiger partial charge on any atom is 0.187 e. The molecule has 14 nitrogen and oxygen atoms in total. The van der Waals surface area contributed by atoms with Crippen molar-refractivity contribution in [3.63, 3.8) is 0 Å². The van der Waals surface area contributed by atoms with E-state index in [4.69, 9.17) is 18.9 Å². The minimum atomic E-state index is -1.62. The van der Waals surface area contributed by atoms with E-state index >= 15 is 0 Å². The fraction of sp³-hybridized carbons (Fsp3) is 0.905. The standard InChI is InChI=1S/C42H70O14/c1-20(2)10-9-13-42(8,56-37-34(52)32(50)30(48)25(19-44)55-37)21-11-15-40(6)28(21)22(45)16-26-39(5)14-12-27(46)38(3,4)35(39)23(17-41(26,40)7)53-36-33(51)31(49)29(47)24(18-43)54-36/h9-10,13,21-37,43-52H,11-12,14-19H2,1-8H3/b13-9+/t21-,22+,23-,24-,25+,26?,27-,28-,29-,30+,31+,32-,33-,34+,35?,36-,37+,39+,40+,41+,42-/m0/s1. The highest BCUT2D eigenvalue weighted by Crippen LogP contribution is 2.76. The van der Waals surface area contributed by atoms with Gasteiger partial charge in [0, 0.05) is 0 Å². The number of aliphatic hydroxyl groups is 10. The molecule has 2 saturated heterocycles. The average molecular weight is 799 g/mol. The number of allylic oxidation sites excluding steroid dienone is 3. The van der Waals surface area contributed by atoms with Crippen LogP contribution in [0.25, 0.3) is 0 Å². The van der Waals surface area contributed by atoms with Crippen LogP contribution in [-0.4, -0.2) is 150 Å². The number of hydrogen-bond acceptors (Lipinski definition) is 14. The zero-order chi connectivity index (χ0) is 41.5. The van der Waals surface area contributed by atoms with Crippen LogP contribution < -0.4 is 0 Å². The summed E-state index contributed by atoms with van der Waals surface area (Å²) in [5.74, 6) is -0.949. The van der Waals surface area contributed by atoms with E-state index in [9.17, 15) is 51.1 Å². The van der Waals surface area contributed by atoms with E-state index in [1.54, 1.807) is 0 Å². The summed E-state index contributed by atoms with van der Waals surface area (Å²) < 4.78 is 25.3. The number of fused-ring (bicyclic) bond motifs is 5. The third-order valence-electron chi connectivity index (χ3n) is 16.2. The van der Waals surface area contributed by atoms with Crippen molar-refractivity contribution in [2.45, 2.75) is 179 Å². The molecule has 0 radical (unpaired) electrons. The van der Waals surface area contributed by atoms with Gasteiger partial charge in [-0.1, -0.05) is 58.4 Å². The highest BCUT2D eigenvalue weighted by atomic mass is 16.7. The van der Waals surface area contributed by atoms with Gasteiger partial charge in [0.1, 0.15) is 48.8 Å². The Kier molecular flexibility index (Phi) is 12.5. The maximum atomic E-state index is 12.5. The monoisotopic (exact) mass is 798 g/mol. The molecule has 14 heteroatoms. The molecule has 0 aromatic carbocycles. The molecule has 2 unspecified atom stereocenters. The van der Waals surface area contributed by atoms with Crippen LogP contribution in [0, 0.1) is 45.3 Å². The van der Waals surface area contributed by atoms with E-state index in [1.165, 1.54) is 0 Å². The van der Waals surface area contributed by atoms with Gasteiger partial charge in [-0.25, -0.2) is 0 Å². The van der Waals surface area contributed by atoms with Crippen molar-refractivity contribution >= 4 is 0 Å². The number of hydrogen-bond donors (Lipinski definition) is 10. The predicted octanol–water partition coefficient (Wildman–Crippen LogP) is 0.896. The summed E-state index contributed by atoms with van der Waals surface area (Å²) in [4.78, 5) is 0. The molecule has 0 bridgehead atoms.